The van der Waals surface area contributed by atoms with E-state index in [9.17, 15) is 17.6 Å². The zero-order valence-corrected chi connectivity index (χ0v) is 18.3. The zero-order valence-electron chi connectivity index (χ0n) is 16.6. The van der Waals surface area contributed by atoms with E-state index in [0.717, 1.165) is 10.4 Å². The third kappa shape index (κ3) is 5.47. The molecule has 0 spiro atoms. The summed E-state index contributed by atoms with van der Waals surface area (Å²) in [6.07, 6.45) is 3.70. The summed E-state index contributed by atoms with van der Waals surface area (Å²) in [4.78, 5) is 17.6. The van der Waals surface area contributed by atoms with Crippen LogP contribution in [0.1, 0.15) is 26.6 Å². The minimum atomic E-state index is -3.74. The number of sulfonamides is 1. The first-order valence-corrected chi connectivity index (χ1v) is 11.8. The Morgan fingerprint density at radius 1 is 1.06 bits per heavy atom. The van der Waals surface area contributed by atoms with Crippen LogP contribution >= 0.6 is 11.3 Å². The molecule has 0 fully saturated rings. The average molecular weight is 472 g/mol. The molecule has 2 aromatic carbocycles. The number of thiazole rings is 1. The number of nitrogens with zero attached hydrogens (tertiary/aromatic N) is 1. The van der Waals surface area contributed by atoms with Gasteiger partial charge in [0.05, 0.1) is 17.7 Å². The van der Waals surface area contributed by atoms with Crippen LogP contribution in [-0.2, 0) is 23.0 Å². The van der Waals surface area contributed by atoms with Crippen molar-refractivity contribution in [3.63, 3.8) is 0 Å². The van der Waals surface area contributed by atoms with Crippen LogP contribution in [0.15, 0.2) is 82.4 Å². The van der Waals surface area contributed by atoms with Gasteiger partial charge in [-0.3, -0.25) is 10.1 Å². The third-order valence-corrected chi connectivity index (χ3v) is 6.84. The van der Waals surface area contributed by atoms with Gasteiger partial charge in [0.1, 0.15) is 11.6 Å². The van der Waals surface area contributed by atoms with Gasteiger partial charge in [-0.25, -0.2) is 22.5 Å². The first kappa shape index (κ1) is 21.9. The van der Waals surface area contributed by atoms with E-state index in [4.69, 9.17) is 4.42 Å². The number of rotatable bonds is 8. The molecule has 4 rings (SSSR count). The van der Waals surface area contributed by atoms with E-state index >= 15 is 0 Å². The molecule has 2 heterocycles. The number of carbonyl (C=O) groups is 1. The maximum atomic E-state index is 13.0. The van der Waals surface area contributed by atoms with Crippen molar-refractivity contribution in [3.8, 4) is 0 Å². The van der Waals surface area contributed by atoms with Gasteiger partial charge in [0.25, 0.3) is 5.91 Å². The summed E-state index contributed by atoms with van der Waals surface area (Å²) in [5.41, 5.74) is 1.23. The number of amides is 1. The number of hydrogen-bond acceptors (Lipinski definition) is 6. The SMILES string of the molecule is O=C(Nc1ncc(Cc2ccc(F)cc2)s1)c1ccc(S(=O)(=O)NCc2ccco2)cc1. The maximum absolute atomic E-state index is 13.0. The Balaban J connectivity index is 1.36. The maximum Gasteiger partial charge on any atom is 0.257 e. The van der Waals surface area contributed by atoms with Crippen molar-refractivity contribution < 1.29 is 22.0 Å². The van der Waals surface area contributed by atoms with Crippen LogP contribution in [0.2, 0.25) is 0 Å². The number of carbonyl (C=O) groups excluding carboxylic acids is 1. The number of halogens is 1. The van der Waals surface area contributed by atoms with Gasteiger partial charge in [0.15, 0.2) is 5.13 Å². The number of benzene rings is 2. The van der Waals surface area contributed by atoms with Crippen molar-refractivity contribution in [3.05, 3.63) is 101 Å². The van der Waals surface area contributed by atoms with Crippen LogP contribution in [0, 0.1) is 5.82 Å². The Hall–Kier alpha value is -3.34. The van der Waals surface area contributed by atoms with Gasteiger partial charge >= 0.3 is 0 Å². The van der Waals surface area contributed by atoms with E-state index in [0.29, 0.717) is 22.9 Å². The fraction of sp³-hybridized carbons (Fsp3) is 0.0909. The molecule has 164 valence electrons. The molecule has 1 amide bonds. The summed E-state index contributed by atoms with van der Waals surface area (Å²) >= 11 is 1.32. The Morgan fingerprint density at radius 3 is 2.50 bits per heavy atom. The van der Waals surface area contributed by atoms with Crippen LogP contribution in [0.3, 0.4) is 0 Å². The molecule has 0 saturated heterocycles. The first-order chi connectivity index (χ1) is 15.4. The second-order valence-corrected chi connectivity index (χ2v) is 9.70. The topological polar surface area (TPSA) is 101 Å². The second kappa shape index (κ2) is 9.43. The Morgan fingerprint density at radius 2 is 1.81 bits per heavy atom. The molecule has 2 aromatic heterocycles. The fourth-order valence-electron chi connectivity index (χ4n) is 2.87. The summed E-state index contributed by atoms with van der Waals surface area (Å²) in [5, 5.41) is 3.13. The largest absolute Gasteiger partial charge is 0.468 e. The van der Waals surface area contributed by atoms with Gasteiger partial charge in [-0.15, -0.1) is 11.3 Å². The molecule has 2 N–H and O–H groups in total. The summed E-state index contributed by atoms with van der Waals surface area (Å²) < 4.78 is 45.4. The van der Waals surface area contributed by atoms with Gasteiger partial charge in [-0.05, 0) is 54.1 Å². The monoisotopic (exact) mass is 471 g/mol. The van der Waals surface area contributed by atoms with Crippen molar-refractivity contribution in [1.82, 2.24) is 9.71 Å². The van der Waals surface area contributed by atoms with Crippen LogP contribution in [0.4, 0.5) is 9.52 Å². The minimum Gasteiger partial charge on any atom is -0.468 e. The van der Waals surface area contributed by atoms with E-state index in [1.165, 1.54) is 54.0 Å². The lowest BCUT2D eigenvalue weighted by atomic mass is 10.1. The molecule has 32 heavy (non-hydrogen) atoms. The summed E-state index contributed by atoms with van der Waals surface area (Å²) in [6.45, 7) is 0.0296. The smallest absolute Gasteiger partial charge is 0.257 e. The molecular formula is C22H18FN3O4S2. The van der Waals surface area contributed by atoms with E-state index in [2.05, 4.69) is 15.0 Å². The molecule has 0 unspecified atom stereocenters. The van der Waals surface area contributed by atoms with Crippen LogP contribution in [0.5, 0.6) is 0 Å². The second-order valence-electron chi connectivity index (χ2n) is 6.82. The van der Waals surface area contributed by atoms with Crippen molar-refractivity contribution in [2.45, 2.75) is 17.9 Å². The quantitative estimate of drug-likeness (QED) is 0.401. The Bertz CT molecular complexity index is 1300. The lowest BCUT2D eigenvalue weighted by Crippen LogP contribution is -2.23. The summed E-state index contributed by atoms with van der Waals surface area (Å²) in [6, 6.07) is 15.1. The lowest BCUT2D eigenvalue weighted by Gasteiger charge is -2.07. The molecule has 0 saturated carbocycles. The highest BCUT2D eigenvalue weighted by Gasteiger charge is 2.16. The minimum absolute atomic E-state index is 0.0296. The van der Waals surface area contributed by atoms with Gasteiger partial charge in [-0.2, -0.15) is 0 Å². The molecule has 0 aliphatic rings. The van der Waals surface area contributed by atoms with Gasteiger partial charge in [-0.1, -0.05) is 12.1 Å². The molecule has 0 bridgehead atoms. The highest BCUT2D eigenvalue weighted by Crippen LogP contribution is 2.22. The van der Waals surface area contributed by atoms with Crippen molar-refractivity contribution in [2.75, 3.05) is 5.32 Å². The van der Waals surface area contributed by atoms with Gasteiger partial charge in [0.2, 0.25) is 10.0 Å². The highest BCUT2D eigenvalue weighted by molar-refractivity contribution is 7.89. The number of furan rings is 1. The normalized spacial score (nSPS) is 11.4. The molecular weight excluding hydrogens is 453 g/mol. The molecule has 0 radical (unpaired) electrons. The average Bonchev–Trinajstić information content (AvgIpc) is 3.46. The number of hydrogen-bond donors (Lipinski definition) is 2. The van der Waals surface area contributed by atoms with Crippen LogP contribution in [0.25, 0.3) is 0 Å². The molecule has 7 nitrogen and oxygen atoms in total. The molecule has 0 aliphatic carbocycles. The molecule has 0 aliphatic heterocycles. The predicted octanol–water partition coefficient (Wildman–Crippen LogP) is 4.20. The first-order valence-electron chi connectivity index (χ1n) is 9.52. The predicted molar refractivity (Wildman–Crippen MR) is 118 cm³/mol. The molecule has 0 atom stereocenters. The number of anilines is 1. The van der Waals surface area contributed by atoms with Crippen molar-refractivity contribution in [2.24, 2.45) is 0 Å². The Kier molecular flexibility index (Phi) is 6.45. The van der Waals surface area contributed by atoms with Gasteiger partial charge < -0.3 is 4.42 Å². The van der Waals surface area contributed by atoms with E-state index in [1.807, 2.05) is 0 Å². The number of aromatic nitrogens is 1. The van der Waals surface area contributed by atoms with Crippen LogP contribution in [-0.4, -0.2) is 19.3 Å². The fourth-order valence-corrected chi connectivity index (χ4v) is 4.70. The highest BCUT2D eigenvalue weighted by atomic mass is 32.2. The van der Waals surface area contributed by atoms with Crippen LogP contribution < -0.4 is 10.0 Å². The molecule has 4 aromatic rings. The summed E-state index contributed by atoms with van der Waals surface area (Å²) in [7, 11) is -3.74. The molecule has 10 heteroatoms. The van der Waals surface area contributed by atoms with E-state index < -0.39 is 15.9 Å². The zero-order chi connectivity index (χ0) is 22.6. The number of nitrogens with one attached hydrogen (secondary N) is 2. The Labute approximate surface area is 188 Å². The van der Waals surface area contributed by atoms with Crippen molar-refractivity contribution in [1.29, 1.82) is 0 Å². The third-order valence-electron chi connectivity index (χ3n) is 4.51. The standard InChI is InChI=1S/C22H18FN3O4S2/c23-17-7-3-15(4-8-17)12-19-14-24-22(31-19)26-21(27)16-5-9-20(10-6-16)32(28,29)25-13-18-2-1-11-30-18/h1-11,14,25H,12-13H2,(H,24,26,27). The summed E-state index contributed by atoms with van der Waals surface area (Å²) in [5.74, 6) is -0.204. The van der Waals surface area contributed by atoms with Crippen molar-refractivity contribution >= 4 is 32.4 Å². The van der Waals surface area contributed by atoms with E-state index in [-0.39, 0.29) is 17.3 Å². The lowest BCUT2D eigenvalue weighted by molar-refractivity contribution is 0.102. The van der Waals surface area contributed by atoms with Gasteiger partial charge in [0, 0.05) is 23.1 Å². The van der Waals surface area contributed by atoms with E-state index in [1.54, 1.807) is 30.5 Å².